The van der Waals surface area contributed by atoms with Crippen molar-refractivity contribution in [3.63, 3.8) is 0 Å². The van der Waals surface area contributed by atoms with E-state index in [4.69, 9.17) is 24.7 Å². The molecule has 10 nitrogen and oxygen atoms in total. The number of rotatable bonds is 5. The van der Waals surface area contributed by atoms with Crippen LogP contribution in [-0.4, -0.2) is 63.7 Å². The van der Waals surface area contributed by atoms with Crippen LogP contribution in [0.3, 0.4) is 0 Å². The Morgan fingerprint density at radius 3 is 2.29 bits per heavy atom. The number of hydrogen-bond donors (Lipinski definition) is 1. The number of nitrogen functional groups attached to an aromatic ring is 1. The fourth-order valence-electron chi connectivity index (χ4n) is 5.55. The summed E-state index contributed by atoms with van der Waals surface area (Å²) in [5, 5.41) is 0.797. The second-order valence-corrected chi connectivity index (χ2v) is 11.8. The van der Waals surface area contributed by atoms with Gasteiger partial charge in [-0.1, -0.05) is 30.3 Å². The number of aromatic nitrogens is 3. The first-order chi connectivity index (χ1) is 20.2. The van der Waals surface area contributed by atoms with Crippen LogP contribution in [0, 0.1) is 5.92 Å². The molecule has 0 unspecified atom stereocenters. The van der Waals surface area contributed by atoms with E-state index in [1.807, 2.05) is 75.4 Å². The van der Waals surface area contributed by atoms with Crippen molar-refractivity contribution in [2.45, 2.75) is 51.5 Å². The number of piperidine rings is 1. The Hall–Kier alpha value is -4.15. The number of anilines is 1. The largest absolute Gasteiger partial charge is 0.457 e. The van der Waals surface area contributed by atoms with Crippen LogP contribution in [0.15, 0.2) is 67.1 Å². The number of carbonyl (C=O) groups excluding carboxylic acids is 1. The zero-order chi connectivity index (χ0) is 29.3. The molecule has 2 fully saturated rings. The van der Waals surface area contributed by atoms with E-state index >= 15 is 0 Å². The Kier molecular flexibility index (Phi) is 7.74. The van der Waals surface area contributed by atoms with Crippen LogP contribution < -0.4 is 10.5 Å². The molecule has 0 radical (unpaired) electrons. The van der Waals surface area contributed by atoms with E-state index in [1.165, 1.54) is 6.33 Å². The van der Waals surface area contributed by atoms with Crippen molar-refractivity contribution in [3.8, 4) is 22.6 Å². The lowest BCUT2D eigenvalue weighted by Crippen LogP contribution is -2.46. The maximum Gasteiger partial charge on any atom is 0.410 e. The molecule has 4 aromatic rings. The SMILES string of the molecule is CC(C)(C)OC(=O)N1CCC(C2OCC(n3cc(-c4ccc(Oc5ccccc5)cc4)c4c(N)ncnc43)CO2)CC1. The molecule has 0 spiro atoms. The van der Waals surface area contributed by atoms with E-state index in [9.17, 15) is 4.79 Å². The zero-order valence-electron chi connectivity index (χ0n) is 24.2. The van der Waals surface area contributed by atoms with Gasteiger partial charge in [-0.3, -0.25) is 0 Å². The van der Waals surface area contributed by atoms with Crippen LogP contribution in [0.5, 0.6) is 11.5 Å². The third-order valence-corrected chi connectivity index (χ3v) is 7.66. The van der Waals surface area contributed by atoms with Gasteiger partial charge in [-0.2, -0.15) is 0 Å². The molecule has 2 saturated heterocycles. The number of carbonyl (C=O) groups is 1. The molecule has 0 bridgehead atoms. The van der Waals surface area contributed by atoms with Crippen LogP contribution in [0.2, 0.25) is 0 Å². The number of ether oxygens (including phenoxy) is 4. The van der Waals surface area contributed by atoms with Crippen molar-refractivity contribution < 1.29 is 23.7 Å². The molecule has 1 amide bonds. The first-order valence-electron chi connectivity index (χ1n) is 14.4. The Morgan fingerprint density at radius 1 is 0.952 bits per heavy atom. The van der Waals surface area contributed by atoms with Gasteiger partial charge in [-0.15, -0.1) is 0 Å². The molecule has 2 N–H and O–H groups in total. The number of hydrogen-bond acceptors (Lipinski definition) is 8. The van der Waals surface area contributed by atoms with Crippen molar-refractivity contribution in [1.29, 1.82) is 0 Å². The van der Waals surface area contributed by atoms with Gasteiger partial charge in [0.25, 0.3) is 0 Å². The summed E-state index contributed by atoms with van der Waals surface area (Å²) in [6.45, 7) is 7.86. The minimum atomic E-state index is -0.503. The minimum absolute atomic E-state index is 0.0747. The van der Waals surface area contributed by atoms with Crippen LogP contribution >= 0.6 is 0 Å². The van der Waals surface area contributed by atoms with Gasteiger partial charge in [0.15, 0.2) is 6.29 Å². The highest BCUT2D eigenvalue weighted by Crippen LogP contribution is 2.37. The van der Waals surface area contributed by atoms with E-state index in [-0.39, 0.29) is 24.3 Å². The summed E-state index contributed by atoms with van der Waals surface area (Å²) >= 11 is 0. The molecule has 2 aliphatic rings. The number of nitrogens with zero attached hydrogens (tertiary/aromatic N) is 4. The highest BCUT2D eigenvalue weighted by Gasteiger charge is 2.35. The molecule has 0 saturated carbocycles. The van der Waals surface area contributed by atoms with Gasteiger partial charge in [0.1, 0.15) is 34.9 Å². The number of fused-ring (bicyclic) bond motifs is 1. The normalized spacial score (nSPS) is 20.0. The maximum atomic E-state index is 12.4. The van der Waals surface area contributed by atoms with E-state index in [2.05, 4.69) is 20.7 Å². The monoisotopic (exact) mass is 571 g/mol. The van der Waals surface area contributed by atoms with Crippen molar-refractivity contribution in [3.05, 3.63) is 67.1 Å². The van der Waals surface area contributed by atoms with Gasteiger partial charge < -0.3 is 34.1 Å². The van der Waals surface area contributed by atoms with Gasteiger partial charge >= 0.3 is 6.09 Å². The predicted molar refractivity (Wildman–Crippen MR) is 159 cm³/mol. The zero-order valence-corrected chi connectivity index (χ0v) is 24.2. The first-order valence-corrected chi connectivity index (χ1v) is 14.4. The molecule has 220 valence electrons. The molecule has 0 atom stereocenters. The second kappa shape index (κ2) is 11.6. The van der Waals surface area contributed by atoms with Crippen molar-refractivity contribution in [2.75, 3.05) is 32.0 Å². The average Bonchev–Trinajstić information content (AvgIpc) is 3.38. The van der Waals surface area contributed by atoms with E-state index < -0.39 is 5.60 Å². The maximum absolute atomic E-state index is 12.4. The molecule has 2 aliphatic heterocycles. The Morgan fingerprint density at radius 2 is 1.62 bits per heavy atom. The highest BCUT2D eigenvalue weighted by molar-refractivity contribution is 6.00. The van der Waals surface area contributed by atoms with Crippen LogP contribution in [0.1, 0.15) is 39.7 Å². The van der Waals surface area contributed by atoms with Crippen molar-refractivity contribution in [2.24, 2.45) is 5.92 Å². The van der Waals surface area contributed by atoms with Gasteiger partial charge in [0, 0.05) is 30.8 Å². The fourth-order valence-corrected chi connectivity index (χ4v) is 5.55. The number of likely N-dealkylation sites (tertiary alicyclic amines) is 1. The molecule has 6 rings (SSSR count). The third-order valence-electron chi connectivity index (χ3n) is 7.66. The Labute approximate surface area is 245 Å². The van der Waals surface area contributed by atoms with Crippen LogP contribution in [0.4, 0.5) is 10.6 Å². The number of benzene rings is 2. The molecule has 2 aromatic heterocycles. The lowest BCUT2D eigenvalue weighted by molar-refractivity contribution is -0.225. The average molecular weight is 572 g/mol. The topological polar surface area (TPSA) is 114 Å². The highest BCUT2D eigenvalue weighted by atomic mass is 16.7. The quantitative estimate of drug-likeness (QED) is 0.309. The number of nitrogens with two attached hydrogens (primary N) is 1. The summed E-state index contributed by atoms with van der Waals surface area (Å²) in [6, 6.07) is 17.5. The Balaban J connectivity index is 1.13. The second-order valence-electron chi connectivity index (χ2n) is 11.8. The molecular weight excluding hydrogens is 534 g/mol. The summed E-state index contributed by atoms with van der Waals surface area (Å²) in [4.78, 5) is 23.1. The molecular formula is C32H37N5O5. The Bertz CT molecular complexity index is 1520. The van der Waals surface area contributed by atoms with E-state index in [0.29, 0.717) is 32.1 Å². The van der Waals surface area contributed by atoms with Gasteiger partial charge in [0.2, 0.25) is 0 Å². The molecule has 10 heteroatoms. The lowest BCUT2D eigenvalue weighted by atomic mass is 9.96. The lowest BCUT2D eigenvalue weighted by Gasteiger charge is -2.39. The number of para-hydroxylation sites is 1. The number of amides is 1. The summed E-state index contributed by atoms with van der Waals surface area (Å²) in [7, 11) is 0. The predicted octanol–water partition coefficient (Wildman–Crippen LogP) is 6.03. The molecule has 4 heterocycles. The summed E-state index contributed by atoms with van der Waals surface area (Å²) in [5.41, 5.74) is 8.52. The summed E-state index contributed by atoms with van der Waals surface area (Å²) < 4.78 is 26.1. The van der Waals surface area contributed by atoms with Crippen molar-refractivity contribution >= 4 is 22.9 Å². The fraction of sp³-hybridized carbons (Fsp3) is 0.406. The summed E-state index contributed by atoms with van der Waals surface area (Å²) in [5.74, 6) is 2.17. The van der Waals surface area contributed by atoms with Gasteiger partial charge in [-0.05, 0) is 63.4 Å². The summed E-state index contributed by atoms with van der Waals surface area (Å²) in [6.07, 6.45) is 4.58. The smallest absolute Gasteiger partial charge is 0.410 e. The van der Waals surface area contributed by atoms with E-state index in [0.717, 1.165) is 46.5 Å². The minimum Gasteiger partial charge on any atom is -0.457 e. The van der Waals surface area contributed by atoms with Gasteiger partial charge in [-0.25, -0.2) is 14.8 Å². The molecule has 0 aliphatic carbocycles. The third kappa shape index (κ3) is 6.05. The van der Waals surface area contributed by atoms with Gasteiger partial charge in [0.05, 0.1) is 24.6 Å². The standard InChI is InChI=1S/C32H37N5O5/c1-32(2,3)42-31(38)36-15-13-22(14-16-36)30-39-18-23(19-40-30)37-17-26(27-28(33)34-20-35-29(27)37)21-9-11-25(12-10-21)41-24-7-5-4-6-8-24/h4-12,17,20,22-23,30H,13-16,18-19H2,1-3H3,(H2,33,34,35). The van der Waals surface area contributed by atoms with Crippen LogP contribution in [0.25, 0.3) is 22.2 Å². The van der Waals surface area contributed by atoms with E-state index in [1.54, 1.807) is 4.90 Å². The molecule has 2 aromatic carbocycles. The molecule has 42 heavy (non-hydrogen) atoms. The first kappa shape index (κ1) is 28.0. The van der Waals surface area contributed by atoms with Crippen molar-refractivity contribution in [1.82, 2.24) is 19.4 Å². The van der Waals surface area contributed by atoms with Crippen LogP contribution in [-0.2, 0) is 14.2 Å².